The van der Waals surface area contributed by atoms with Crippen LogP contribution in [0.2, 0.25) is 0 Å². The molecule has 0 aliphatic carbocycles. The van der Waals surface area contributed by atoms with Crippen LogP contribution in [0.15, 0.2) is 66.9 Å². The van der Waals surface area contributed by atoms with Crippen molar-refractivity contribution in [2.75, 3.05) is 5.73 Å². The topological polar surface area (TPSA) is 131 Å². The standard InChI is InChI=1S/C24H23N3O4S.C2HF3O/c25-24-26-14-17(32-24)11-12-18-21(23(30)31)27(22(18)29)20(28)13-19(15-7-3-1-4-8-15)16-9-5-2-6-10-16;3-2(4,5)1-6/h1-10,14,18-19,21H,11-13H2,(H2,25,26)(H,30,31);1H/t18?,21-;/m0./s1. The smallest absolute Gasteiger partial charge is 0.446 e. The third kappa shape index (κ3) is 7.25. The second-order valence-electron chi connectivity index (χ2n) is 8.43. The van der Waals surface area contributed by atoms with Crippen LogP contribution in [-0.2, 0) is 25.6 Å². The molecule has 2 atom stereocenters. The molecule has 1 aromatic heterocycles. The lowest BCUT2D eigenvalue weighted by atomic mass is 9.81. The molecular weight excluding hydrogens is 523 g/mol. The Hall–Kier alpha value is -4.06. The number of amides is 2. The lowest BCUT2D eigenvalue weighted by Gasteiger charge is -2.43. The molecule has 3 aromatic rings. The highest BCUT2D eigenvalue weighted by molar-refractivity contribution is 7.15. The molecule has 1 aliphatic rings. The number of hydrogen-bond donors (Lipinski definition) is 2. The quantitative estimate of drug-likeness (QED) is 0.321. The molecule has 2 heterocycles. The van der Waals surface area contributed by atoms with E-state index in [0.717, 1.165) is 20.9 Å². The number of anilines is 1. The summed E-state index contributed by atoms with van der Waals surface area (Å²) in [5, 5.41) is 10.2. The predicted molar refractivity (Wildman–Crippen MR) is 133 cm³/mol. The number of nitrogens with two attached hydrogens (primary N) is 1. The summed E-state index contributed by atoms with van der Waals surface area (Å²) in [6.07, 6.45) is -3.23. The van der Waals surface area contributed by atoms with Gasteiger partial charge in [-0.3, -0.25) is 19.3 Å². The number of carbonyl (C=O) groups excluding carboxylic acids is 3. The highest BCUT2D eigenvalue weighted by Gasteiger charge is 2.54. The van der Waals surface area contributed by atoms with Crippen molar-refractivity contribution in [1.82, 2.24) is 9.88 Å². The predicted octanol–water partition coefficient (Wildman–Crippen LogP) is 4.07. The first-order chi connectivity index (χ1) is 18.0. The maximum atomic E-state index is 13.1. The van der Waals surface area contributed by atoms with Gasteiger partial charge in [-0.2, -0.15) is 13.2 Å². The van der Waals surface area contributed by atoms with Crippen LogP contribution < -0.4 is 5.73 Å². The molecule has 12 heteroatoms. The van der Waals surface area contributed by atoms with Crippen molar-refractivity contribution < 1.29 is 37.5 Å². The van der Waals surface area contributed by atoms with Crippen molar-refractivity contribution in [2.45, 2.75) is 37.4 Å². The SMILES string of the molecule is Nc1ncc(CCC2C(=O)N(C(=O)CC(c3ccccc3)c3ccccc3)[C@@H]2C(=O)O)s1.O=CC(F)(F)F. The van der Waals surface area contributed by atoms with E-state index in [1.165, 1.54) is 11.3 Å². The van der Waals surface area contributed by atoms with Gasteiger partial charge >= 0.3 is 12.1 Å². The maximum absolute atomic E-state index is 13.1. The summed E-state index contributed by atoms with van der Waals surface area (Å²) in [6, 6.07) is 18.0. The van der Waals surface area contributed by atoms with Gasteiger partial charge in [-0.15, -0.1) is 11.3 Å². The molecule has 2 aromatic carbocycles. The number of β-lactam (4-membered cyclic amide) rings is 1. The number of hydrogen-bond acceptors (Lipinski definition) is 7. The number of aldehydes is 1. The number of likely N-dealkylation sites (tertiary alicyclic amines) is 1. The molecule has 1 unspecified atom stereocenters. The summed E-state index contributed by atoms with van der Waals surface area (Å²) < 4.78 is 31.2. The molecule has 38 heavy (non-hydrogen) atoms. The molecule has 1 fully saturated rings. The molecule has 0 bridgehead atoms. The minimum atomic E-state index is -4.64. The molecule has 0 spiro atoms. The molecule has 200 valence electrons. The van der Waals surface area contributed by atoms with Gasteiger partial charge < -0.3 is 10.8 Å². The van der Waals surface area contributed by atoms with Gasteiger partial charge in [0.15, 0.2) is 5.13 Å². The summed E-state index contributed by atoms with van der Waals surface area (Å²) in [7, 11) is 0. The zero-order valence-corrected chi connectivity index (χ0v) is 20.7. The average molecular weight is 548 g/mol. The van der Waals surface area contributed by atoms with Crippen molar-refractivity contribution in [3.8, 4) is 0 Å². The minimum Gasteiger partial charge on any atom is -0.480 e. The van der Waals surface area contributed by atoms with E-state index in [2.05, 4.69) is 4.98 Å². The molecule has 4 rings (SSSR count). The van der Waals surface area contributed by atoms with E-state index in [-0.39, 0.29) is 12.3 Å². The second-order valence-corrected chi connectivity index (χ2v) is 9.58. The Bertz CT molecular complexity index is 1230. The number of aryl methyl sites for hydroxylation is 1. The van der Waals surface area contributed by atoms with E-state index in [1.54, 1.807) is 6.20 Å². The summed E-state index contributed by atoms with van der Waals surface area (Å²) in [5.41, 5.74) is 7.50. The van der Waals surface area contributed by atoms with Crippen molar-refractivity contribution in [2.24, 2.45) is 5.92 Å². The average Bonchev–Trinajstić information content (AvgIpc) is 3.31. The summed E-state index contributed by atoms with van der Waals surface area (Å²) >= 11 is 1.31. The molecule has 1 saturated heterocycles. The number of nitrogen functional groups attached to an aromatic ring is 1. The summed E-state index contributed by atoms with van der Waals surface area (Å²) in [4.78, 5) is 52.4. The monoisotopic (exact) mass is 547 g/mol. The first kappa shape index (κ1) is 28.5. The zero-order chi connectivity index (χ0) is 27.9. The molecular formula is C26H24F3N3O5S. The van der Waals surface area contributed by atoms with E-state index in [1.807, 2.05) is 60.7 Å². The highest BCUT2D eigenvalue weighted by Crippen LogP contribution is 2.35. The Balaban J connectivity index is 0.000000599. The second kappa shape index (κ2) is 12.5. The Morgan fingerprint density at radius 3 is 2.03 bits per heavy atom. The van der Waals surface area contributed by atoms with Crippen molar-refractivity contribution in [1.29, 1.82) is 0 Å². The molecule has 0 saturated carbocycles. The van der Waals surface area contributed by atoms with E-state index in [0.29, 0.717) is 18.0 Å². The molecule has 3 N–H and O–H groups in total. The maximum Gasteiger partial charge on any atom is 0.446 e. The van der Waals surface area contributed by atoms with Gasteiger partial charge in [0.25, 0.3) is 0 Å². The third-order valence-corrected chi connectivity index (χ3v) is 6.81. The molecule has 2 amide bonds. The summed E-state index contributed by atoms with van der Waals surface area (Å²) in [6.45, 7) is 0. The fraction of sp³-hybridized carbons (Fsp3) is 0.269. The number of rotatable bonds is 8. The summed E-state index contributed by atoms with van der Waals surface area (Å²) in [5.74, 6) is -3.07. The van der Waals surface area contributed by atoms with Gasteiger partial charge in [0.2, 0.25) is 18.1 Å². The minimum absolute atomic E-state index is 0.0155. The van der Waals surface area contributed by atoms with Crippen LogP contribution in [0.25, 0.3) is 0 Å². The van der Waals surface area contributed by atoms with Crippen LogP contribution in [-0.4, -0.2) is 51.3 Å². The van der Waals surface area contributed by atoms with E-state index in [9.17, 15) is 32.7 Å². The number of carboxylic acid groups (broad SMARTS) is 1. The Labute approximate surface area is 219 Å². The fourth-order valence-electron chi connectivity index (χ4n) is 4.20. The number of benzene rings is 2. The van der Waals surface area contributed by atoms with Gasteiger partial charge in [0.1, 0.15) is 6.04 Å². The van der Waals surface area contributed by atoms with Gasteiger partial charge in [0, 0.05) is 23.4 Å². The van der Waals surface area contributed by atoms with Crippen LogP contribution in [0.3, 0.4) is 0 Å². The van der Waals surface area contributed by atoms with Gasteiger partial charge in [-0.05, 0) is 24.0 Å². The first-order valence-corrected chi connectivity index (χ1v) is 12.2. The van der Waals surface area contributed by atoms with Crippen LogP contribution in [0.1, 0.15) is 34.8 Å². The number of alkyl halides is 3. The number of imide groups is 1. The molecule has 8 nitrogen and oxygen atoms in total. The molecule has 1 aliphatic heterocycles. The third-order valence-electron chi connectivity index (χ3n) is 5.93. The number of aromatic nitrogens is 1. The Morgan fingerprint density at radius 2 is 1.61 bits per heavy atom. The number of aliphatic carboxylic acids is 1. The number of thiazole rings is 1. The number of nitrogens with zero attached hydrogens (tertiary/aromatic N) is 2. The molecule has 0 radical (unpaired) electrons. The van der Waals surface area contributed by atoms with Crippen LogP contribution in [0, 0.1) is 5.92 Å². The highest BCUT2D eigenvalue weighted by atomic mass is 32.1. The Morgan fingerprint density at radius 1 is 1.08 bits per heavy atom. The van der Waals surface area contributed by atoms with Crippen LogP contribution in [0.4, 0.5) is 18.3 Å². The van der Waals surface area contributed by atoms with Gasteiger partial charge in [-0.25, -0.2) is 9.78 Å². The number of carbonyl (C=O) groups is 4. The zero-order valence-electron chi connectivity index (χ0n) is 19.9. The van der Waals surface area contributed by atoms with Gasteiger partial charge in [-0.1, -0.05) is 60.7 Å². The lowest BCUT2D eigenvalue weighted by molar-refractivity contribution is -0.177. The lowest BCUT2D eigenvalue weighted by Crippen LogP contribution is -2.66. The van der Waals surface area contributed by atoms with Crippen LogP contribution in [0.5, 0.6) is 0 Å². The van der Waals surface area contributed by atoms with E-state index >= 15 is 0 Å². The van der Waals surface area contributed by atoms with Crippen molar-refractivity contribution in [3.05, 3.63) is 82.9 Å². The van der Waals surface area contributed by atoms with E-state index in [4.69, 9.17) is 10.5 Å². The normalized spacial score (nSPS) is 16.8. The largest absolute Gasteiger partial charge is 0.480 e. The van der Waals surface area contributed by atoms with Gasteiger partial charge in [0.05, 0.1) is 5.92 Å². The number of halogens is 3. The first-order valence-electron chi connectivity index (χ1n) is 11.4. The number of carboxylic acids is 1. The van der Waals surface area contributed by atoms with Crippen molar-refractivity contribution in [3.63, 3.8) is 0 Å². The Kier molecular flexibility index (Phi) is 9.35. The van der Waals surface area contributed by atoms with E-state index < -0.39 is 42.2 Å². The fourth-order valence-corrected chi connectivity index (χ4v) is 4.90. The van der Waals surface area contributed by atoms with Crippen molar-refractivity contribution >= 4 is 40.5 Å². The van der Waals surface area contributed by atoms with Crippen LogP contribution >= 0.6 is 11.3 Å².